The number of nitrogens with zero attached hydrogens (tertiary/aromatic N) is 1. The third-order valence-electron chi connectivity index (χ3n) is 3.66. The first kappa shape index (κ1) is 24.0. The lowest BCUT2D eigenvalue weighted by Crippen LogP contribution is -2.29. The number of nitrogens with one attached hydrogen (secondary N) is 1. The Balaban J connectivity index is 0. The quantitative estimate of drug-likeness (QED) is 0.539. The van der Waals surface area contributed by atoms with Crippen molar-refractivity contribution in [3.63, 3.8) is 0 Å². The fourth-order valence-corrected chi connectivity index (χ4v) is 2.36. The molecule has 0 aliphatic carbocycles. The average Bonchev–Trinajstić information content (AvgIpc) is 2.50. The van der Waals surface area contributed by atoms with Crippen molar-refractivity contribution >= 4 is 24.8 Å². The second-order valence-corrected chi connectivity index (χ2v) is 5.56. The average molecular weight is 349 g/mol. The van der Waals surface area contributed by atoms with Crippen molar-refractivity contribution in [2.24, 2.45) is 0 Å². The molecule has 4 heteroatoms. The number of hydrogen-bond donors (Lipinski definition) is 1. The molecule has 0 saturated carbocycles. The van der Waals surface area contributed by atoms with Crippen LogP contribution in [0.15, 0.2) is 30.3 Å². The van der Waals surface area contributed by atoms with Gasteiger partial charge in [-0.05, 0) is 51.0 Å². The van der Waals surface area contributed by atoms with Gasteiger partial charge in [0.05, 0.1) is 0 Å². The molecule has 0 atom stereocenters. The summed E-state index contributed by atoms with van der Waals surface area (Å²) in [7, 11) is 0. The number of hydrogen-bond acceptors (Lipinski definition) is 2. The van der Waals surface area contributed by atoms with Gasteiger partial charge in [0.15, 0.2) is 0 Å². The molecule has 1 rings (SSSR count). The second kappa shape index (κ2) is 17.1. The fourth-order valence-electron chi connectivity index (χ4n) is 2.36. The van der Waals surface area contributed by atoms with Gasteiger partial charge in [-0.15, -0.1) is 24.8 Å². The highest BCUT2D eigenvalue weighted by Gasteiger charge is 2.03. The predicted molar refractivity (Wildman–Crippen MR) is 104 cm³/mol. The Morgan fingerprint density at radius 2 is 1.36 bits per heavy atom. The Bertz CT molecular complexity index is 312. The highest BCUT2D eigenvalue weighted by molar-refractivity contribution is 5.85. The van der Waals surface area contributed by atoms with Crippen LogP contribution in [0.4, 0.5) is 0 Å². The van der Waals surface area contributed by atoms with E-state index in [2.05, 4.69) is 54.4 Å². The molecule has 1 N–H and O–H groups in total. The van der Waals surface area contributed by atoms with E-state index in [-0.39, 0.29) is 24.8 Å². The van der Waals surface area contributed by atoms with Gasteiger partial charge in [0, 0.05) is 6.54 Å². The largest absolute Gasteiger partial charge is 0.313 e. The maximum absolute atomic E-state index is 3.54. The van der Waals surface area contributed by atoms with Gasteiger partial charge < -0.3 is 10.2 Å². The SMILES string of the molecule is CCCCN(CCCC)CCCNCc1ccccc1.Cl.Cl. The van der Waals surface area contributed by atoms with Crippen LogP contribution in [0.2, 0.25) is 0 Å². The molecule has 0 fully saturated rings. The summed E-state index contributed by atoms with van der Waals surface area (Å²) in [6.07, 6.45) is 6.52. The third kappa shape index (κ3) is 12.3. The first-order valence-corrected chi connectivity index (χ1v) is 8.33. The van der Waals surface area contributed by atoms with E-state index < -0.39 is 0 Å². The van der Waals surface area contributed by atoms with E-state index in [0.29, 0.717) is 0 Å². The summed E-state index contributed by atoms with van der Waals surface area (Å²) < 4.78 is 0. The second-order valence-electron chi connectivity index (χ2n) is 5.56. The Morgan fingerprint density at radius 3 is 1.91 bits per heavy atom. The van der Waals surface area contributed by atoms with E-state index in [1.165, 1.54) is 57.3 Å². The van der Waals surface area contributed by atoms with Gasteiger partial charge in [-0.2, -0.15) is 0 Å². The molecule has 1 aromatic carbocycles. The molecule has 0 amide bonds. The first-order chi connectivity index (χ1) is 9.86. The summed E-state index contributed by atoms with van der Waals surface area (Å²) in [5, 5.41) is 3.54. The molecule has 0 aromatic heterocycles. The maximum atomic E-state index is 3.54. The highest BCUT2D eigenvalue weighted by Crippen LogP contribution is 2.01. The van der Waals surface area contributed by atoms with Crippen molar-refractivity contribution in [1.29, 1.82) is 0 Å². The van der Waals surface area contributed by atoms with Crippen molar-refractivity contribution < 1.29 is 0 Å². The summed E-state index contributed by atoms with van der Waals surface area (Å²) in [6, 6.07) is 10.6. The van der Waals surface area contributed by atoms with Gasteiger partial charge in [-0.3, -0.25) is 0 Å². The first-order valence-electron chi connectivity index (χ1n) is 8.33. The molecular weight excluding hydrogens is 315 g/mol. The maximum Gasteiger partial charge on any atom is 0.0205 e. The zero-order chi connectivity index (χ0) is 14.5. The van der Waals surface area contributed by atoms with Crippen molar-refractivity contribution in [3.8, 4) is 0 Å². The summed E-state index contributed by atoms with van der Waals surface area (Å²) >= 11 is 0. The fraction of sp³-hybridized carbons (Fsp3) is 0.667. The van der Waals surface area contributed by atoms with E-state index in [0.717, 1.165) is 13.1 Å². The third-order valence-corrected chi connectivity index (χ3v) is 3.66. The van der Waals surface area contributed by atoms with Gasteiger partial charge in [-0.25, -0.2) is 0 Å². The molecule has 1 aromatic rings. The molecule has 0 heterocycles. The monoisotopic (exact) mass is 348 g/mol. The van der Waals surface area contributed by atoms with Gasteiger partial charge in [0.1, 0.15) is 0 Å². The topological polar surface area (TPSA) is 15.3 Å². The lowest BCUT2D eigenvalue weighted by Gasteiger charge is -2.21. The molecule has 0 saturated heterocycles. The van der Waals surface area contributed by atoms with Crippen LogP contribution >= 0.6 is 24.8 Å². The zero-order valence-electron chi connectivity index (χ0n) is 14.2. The minimum Gasteiger partial charge on any atom is -0.313 e. The van der Waals surface area contributed by atoms with Crippen LogP contribution in [0, 0.1) is 0 Å². The Labute approximate surface area is 149 Å². The molecule has 0 unspecified atom stereocenters. The van der Waals surface area contributed by atoms with E-state index in [1.54, 1.807) is 0 Å². The van der Waals surface area contributed by atoms with Crippen LogP contribution in [-0.2, 0) is 6.54 Å². The Kier molecular flexibility index (Phi) is 18.6. The summed E-state index contributed by atoms with van der Waals surface area (Å²) in [4.78, 5) is 2.64. The lowest BCUT2D eigenvalue weighted by atomic mass is 10.2. The molecule has 2 nitrogen and oxygen atoms in total. The number of halogens is 2. The van der Waals surface area contributed by atoms with Gasteiger partial charge in [0.2, 0.25) is 0 Å². The Hall–Kier alpha value is -0.280. The predicted octanol–water partition coefficient (Wildman–Crippen LogP) is 4.91. The highest BCUT2D eigenvalue weighted by atomic mass is 35.5. The van der Waals surface area contributed by atoms with Crippen molar-refractivity contribution in [2.45, 2.75) is 52.5 Å². The van der Waals surface area contributed by atoms with Crippen molar-refractivity contribution in [2.75, 3.05) is 26.2 Å². The van der Waals surface area contributed by atoms with Crippen LogP contribution in [-0.4, -0.2) is 31.1 Å². The van der Waals surface area contributed by atoms with Gasteiger partial charge >= 0.3 is 0 Å². The van der Waals surface area contributed by atoms with Gasteiger partial charge in [0.25, 0.3) is 0 Å². The lowest BCUT2D eigenvalue weighted by molar-refractivity contribution is 0.261. The number of rotatable bonds is 12. The van der Waals surface area contributed by atoms with Crippen LogP contribution in [0.25, 0.3) is 0 Å². The van der Waals surface area contributed by atoms with Crippen LogP contribution in [0.5, 0.6) is 0 Å². The van der Waals surface area contributed by atoms with E-state index in [4.69, 9.17) is 0 Å². The van der Waals surface area contributed by atoms with Crippen molar-refractivity contribution in [1.82, 2.24) is 10.2 Å². The summed E-state index contributed by atoms with van der Waals surface area (Å²) in [6.45, 7) is 10.4. The zero-order valence-corrected chi connectivity index (χ0v) is 15.9. The van der Waals surface area contributed by atoms with Crippen LogP contribution in [0.3, 0.4) is 0 Å². The summed E-state index contributed by atoms with van der Waals surface area (Å²) in [5.41, 5.74) is 1.38. The molecule has 22 heavy (non-hydrogen) atoms. The van der Waals surface area contributed by atoms with Crippen molar-refractivity contribution in [3.05, 3.63) is 35.9 Å². The molecule has 0 spiro atoms. The Morgan fingerprint density at radius 1 is 0.818 bits per heavy atom. The van der Waals surface area contributed by atoms with E-state index in [9.17, 15) is 0 Å². The normalized spacial score (nSPS) is 10.1. The van der Waals surface area contributed by atoms with E-state index in [1.807, 2.05) is 0 Å². The minimum absolute atomic E-state index is 0. The number of unbranched alkanes of at least 4 members (excludes halogenated alkanes) is 2. The smallest absolute Gasteiger partial charge is 0.0205 e. The summed E-state index contributed by atoms with van der Waals surface area (Å²) in [5.74, 6) is 0. The molecule has 0 aliphatic rings. The molecule has 0 aliphatic heterocycles. The molecular formula is C18H34Cl2N2. The number of benzene rings is 1. The standard InChI is InChI=1S/C18H32N2.2ClH/c1-3-5-14-20(15-6-4-2)16-10-13-19-17-18-11-8-7-9-12-18;;/h7-9,11-12,19H,3-6,10,13-17H2,1-2H3;2*1H. The van der Waals surface area contributed by atoms with Gasteiger partial charge in [-0.1, -0.05) is 57.0 Å². The van der Waals surface area contributed by atoms with E-state index >= 15 is 0 Å². The molecule has 0 radical (unpaired) electrons. The molecule has 0 bridgehead atoms. The van der Waals surface area contributed by atoms with Crippen LogP contribution < -0.4 is 5.32 Å². The van der Waals surface area contributed by atoms with Crippen LogP contribution in [0.1, 0.15) is 51.5 Å². The minimum atomic E-state index is 0. The molecule has 130 valence electrons.